The molecule has 1 N–H and O–H groups in total. The van der Waals surface area contributed by atoms with Crippen LogP contribution < -0.4 is 0 Å². The highest BCUT2D eigenvalue weighted by atomic mass is 19.1. The molecular weight excluding hydrogens is 251 g/mol. The van der Waals surface area contributed by atoms with Gasteiger partial charge in [0, 0.05) is 5.41 Å². The van der Waals surface area contributed by atoms with E-state index in [0.29, 0.717) is 0 Å². The fourth-order valence-electron chi connectivity index (χ4n) is 2.74. The highest BCUT2D eigenvalue weighted by Crippen LogP contribution is 2.39. The van der Waals surface area contributed by atoms with E-state index in [1.54, 1.807) is 0 Å². The van der Waals surface area contributed by atoms with Crippen LogP contribution in [0.2, 0.25) is 0 Å². The summed E-state index contributed by atoms with van der Waals surface area (Å²) >= 11 is 0. The summed E-state index contributed by atoms with van der Waals surface area (Å²) in [6.07, 6.45) is -0.675. The first kappa shape index (κ1) is 14.7. The molecule has 0 heterocycles. The molecule has 2 aromatic rings. The van der Waals surface area contributed by atoms with E-state index in [1.807, 2.05) is 58.0 Å². The van der Waals surface area contributed by atoms with Gasteiger partial charge in [-0.05, 0) is 48.2 Å². The van der Waals surface area contributed by atoms with Crippen molar-refractivity contribution in [3.8, 4) is 0 Å². The Morgan fingerprint density at radius 2 is 1.50 bits per heavy atom. The van der Waals surface area contributed by atoms with Crippen LogP contribution in [0.25, 0.3) is 0 Å². The molecule has 0 spiro atoms. The predicted octanol–water partition coefficient (Wildman–Crippen LogP) is 4.45. The van der Waals surface area contributed by atoms with Crippen LogP contribution in [0, 0.1) is 19.7 Å². The summed E-state index contributed by atoms with van der Waals surface area (Å²) in [6.45, 7) is 7.70. The van der Waals surface area contributed by atoms with Crippen LogP contribution in [0.4, 0.5) is 4.39 Å². The Kier molecular flexibility index (Phi) is 3.96. The summed E-state index contributed by atoms with van der Waals surface area (Å²) < 4.78 is 13.4. The van der Waals surface area contributed by atoms with E-state index in [4.69, 9.17) is 0 Å². The predicted molar refractivity (Wildman–Crippen MR) is 80.3 cm³/mol. The van der Waals surface area contributed by atoms with Gasteiger partial charge in [0.25, 0.3) is 0 Å². The van der Waals surface area contributed by atoms with Crippen LogP contribution in [0.5, 0.6) is 0 Å². The van der Waals surface area contributed by atoms with Crippen molar-refractivity contribution in [3.05, 3.63) is 70.5 Å². The molecule has 2 aromatic carbocycles. The molecule has 0 aromatic heterocycles. The van der Waals surface area contributed by atoms with Crippen molar-refractivity contribution in [1.82, 2.24) is 0 Å². The SMILES string of the molecule is Cc1cc(F)cc(C)c1C(O)C(C)(C)c1ccccc1. The Labute approximate surface area is 120 Å². The number of benzene rings is 2. The van der Waals surface area contributed by atoms with Crippen molar-refractivity contribution in [3.63, 3.8) is 0 Å². The fourth-order valence-corrected chi connectivity index (χ4v) is 2.74. The van der Waals surface area contributed by atoms with E-state index in [0.717, 1.165) is 22.3 Å². The zero-order chi connectivity index (χ0) is 14.9. The summed E-state index contributed by atoms with van der Waals surface area (Å²) in [6, 6.07) is 12.9. The number of aliphatic hydroxyl groups excluding tert-OH is 1. The smallest absolute Gasteiger partial charge is 0.123 e. The van der Waals surface area contributed by atoms with E-state index in [-0.39, 0.29) is 5.82 Å². The van der Waals surface area contributed by atoms with E-state index in [1.165, 1.54) is 12.1 Å². The molecule has 0 fully saturated rings. The van der Waals surface area contributed by atoms with Crippen LogP contribution in [0.15, 0.2) is 42.5 Å². The first-order valence-corrected chi connectivity index (χ1v) is 6.84. The van der Waals surface area contributed by atoms with Gasteiger partial charge in [-0.2, -0.15) is 0 Å². The number of rotatable bonds is 3. The third-order valence-electron chi connectivity index (χ3n) is 4.03. The molecule has 0 aliphatic rings. The first-order valence-electron chi connectivity index (χ1n) is 6.84. The summed E-state index contributed by atoms with van der Waals surface area (Å²) in [5.41, 5.74) is 3.03. The Bertz CT molecular complexity index is 579. The van der Waals surface area contributed by atoms with Gasteiger partial charge in [-0.3, -0.25) is 0 Å². The highest BCUT2D eigenvalue weighted by Gasteiger charge is 2.32. The molecule has 20 heavy (non-hydrogen) atoms. The Hall–Kier alpha value is -1.67. The van der Waals surface area contributed by atoms with Gasteiger partial charge in [-0.15, -0.1) is 0 Å². The normalized spacial score (nSPS) is 13.3. The molecule has 0 aliphatic carbocycles. The van der Waals surface area contributed by atoms with Crippen molar-refractivity contribution >= 4 is 0 Å². The largest absolute Gasteiger partial charge is 0.387 e. The van der Waals surface area contributed by atoms with Gasteiger partial charge in [0.05, 0.1) is 6.10 Å². The number of halogens is 1. The Balaban J connectivity index is 2.48. The third kappa shape index (κ3) is 2.61. The number of hydrogen-bond acceptors (Lipinski definition) is 1. The molecule has 0 amide bonds. The lowest BCUT2D eigenvalue weighted by molar-refractivity contribution is 0.0989. The van der Waals surface area contributed by atoms with Gasteiger partial charge >= 0.3 is 0 Å². The van der Waals surface area contributed by atoms with Gasteiger partial charge in [0.2, 0.25) is 0 Å². The molecule has 1 atom stereocenters. The molecule has 2 heteroatoms. The molecule has 2 rings (SSSR count). The highest BCUT2D eigenvalue weighted by molar-refractivity contribution is 5.40. The molecular formula is C18H21FO. The van der Waals surface area contributed by atoms with Crippen LogP contribution in [-0.4, -0.2) is 5.11 Å². The summed E-state index contributed by atoms with van der Waals surface area (Å²) in [5.74, 6) is -0.256. The van der Waals surface area contributed by atoms with Crippen LogP contribution in [-0.2, 0) is 5.41 Å². The zero-order valence-corrected chi connectivity index (χ0v) is 12.4. The van der Waals surface area contributed by atoms with Crippen molar-refractivity contribution < 1.29 is 9.50 Å². The van der Waals surface area contributed by atoms with E-state index >= 15 is 0 Å². The Morgan fingerprint density at radius 1 is 1.00 bits per heavy atom. The Morgan fingerprint density at radius 3 is 2.00 bits per heavy atom. The first-order chi connectivity index (χ1) is 9.34. The quantitative estimate of drug-likeness (QED) is 0.875. The monoisotopic (exact) mass is 272 g/mol. The van der Waals surface area contributed by atoms with Crippen LogP contribution in [0.3, 0.4) is 0 Å². The number of aryl methyl sites for hydroxylation is 2. The minimum absolute atomic E-state index is 0.256. The van der Waals surface area contributed by atoms with Crippen LogP contribution in [0.1, 0.15) is 42.2 Å². The third-order valence-corrected chi connectivity index (χ3v) is 4.03. The molecule has 0 saturated heterocycles. The second-order valence-electron chi connectivity index (χ2n) is 5.94. The minimum Gasteiger partial charge on any atom is -0.387 e. The van der Waals surface area contributed by atoms with E-state index in [2.05, 4.69) is 0 Å². The molecule has 106 valence electrons. The van der Waals surface area contributed by atoms with Crippen molar-refractivity contribution in [1.29, 1.82) is 0 Å². The van der Waals surface area contributed by atoms with E-state index in [9.17, 15) is 9.50 Å². The lowest BCUT2D eigenvalue weighted by Crippen LogP contribution is -2.28. The van der Waals surface area contributed by atoms with Gasteiger partial charge in [0.1, 0.15) is 5.82 Å². The summed E-state index contributed by atoms with van der Waals surface area (Å²) in [4.78, 5) is 0. The average Bonchev–Trinajstić information content (AvgIpc) is 2.38. The lowest BCUT2D eigenvalue weighted by atomic mass is 9.75. The van der Waals surface area contributed by atoms with Gasteiger partial charge in [-0.25, -0.2) is 4.39 Å². The molecule has 1 unspecified atom stereocenters. The average molecular weight is 272 g/mol. The number of aliphatic hydroxyl groups is 1. The maximum absolute atomic E-state index is 13.4. The molecule has 0 bridgehead atoms. The molecule has 0 aliphatic heterocycles. The molecule has 0 radical (unpaired) electrons. The standard InChI is InChI=1S/C18H21FO/c1-12-10-15(19)11-13(2)16(12)17(20)18(3,4)14-8-6-5-7-9-14/h5-11,17,20H,1-4H3. The maximum atomic E-state index is 13.4. The number of hydrogen-bond donors (Lipinski definition) is 1. The molecule has 0 saturated carbocycles. The lowest BCUT2D eigenvalue weighted by Gasteiger charge is -2.33. The van der Waals surface area contributed by atoms with E-state index < -0.39 is 11.5 Å². The van der Waals surface area contributed by atoms with Crippen molar-refractivity contribution in [2.24, 2.45) is 0 Å². The van der Waals surface area contributed by atoms with Crippen molar-refractivity contribution in [2.45, 2.75) is 39.2 Å². The van der Waals surface area contributed by atoms with Gasteiger partial charge in [-0.1, -0.05) is 44.2 Å². The minimum atomic E-state index is -0.675. The van der Waals surface area contributed by atoms with Crippen molar-refractivity contribution in [2.75, 3.05) is 0 Å². The summed E-state index contributed by atoms with van der Waals surface area (Å²) in [7, 11) is 0. The van der Waals surface area contributed by atoms with Gasteiger partial charge < -0.3 is 5.11 Å². The van der Waals surface area contributed by atoms with Gasteiger partial charge in [0.15, 0.2) is 0 Å². The second kappa shape index (κ2) is 5.37. The second-order valence-corrected chi connectivity index (χ2v) is 5.94. The zero-order valence-electron chi connectivity index (χ0n) is 12.4. The maximum Gasteiger partial charge on any atom is 0.123 e. The topological polar surface area (TPSA) is 20.2 Å². The molecule has 1 nitrogen and oxygen atoms in total. The summed E-state index contributed by atoms with van der Waals surface area (Å²) in [5, 5.41) is 10.8. The fraction of sp³-hybridized carbons (Fsp3) is 0.333. The van der Waals surface area contributed by atoms with Crippen LogP contribution >= 0.6 is 0 Å².